The molecule has 0 saturated heterocycles. The number of esters is 1. The molecule has 0 radical (unpaired) electrons. The molecule has 1 amide bonds. The van der Waals surface area contributed by atoms with Crippen LogP contribution in [0.2, 0.25) is 0 Å². The largest absolute Gasteiger partial charge is 0.464 e. The molecule has 0 spiro atoms. The summed E-state index contributed by atoms with van der Waals surface area (Å²) in [5.41, 5.74) is 3.81. The smallest absolute Gasteiger partial charge is 0.310 e. The van der Waals surface area contributed by atoms with E-state index in [1.807, 2.05) is 26.0 Å². The van der Waals surface area contributed by atoms with Crippen molar-refractivity contribution in [2.24, 2.45) is 5.92 Å². The van der Waals surface area contributed by atoms with Crippen LogP contribution in [-0.4, -0.2) is 24.5 Å². The summed E-state index contributed by atoms with van der Waals surface area (Å²) in [6.45, 7) is 5.96. The lowest BCUT2D eigenvalue weighted by Crippen LogP contribution is -2.42. The van der Waals surface area contributed by atoms with Crippen LogP contribution in [0.3, 0.4) is 0 Å². The number of amides is 1. The molecule has 0 bridgehead atoms. The van der Waals surface area contributed by atoms with E-state index < -0.39 is 5.97 Å². The first-order chi connectivity index (χ1) is 12.5. The minimum Gasteiger partial charge on any atom is -0.464 e. The van der Waals surface area contributed by atoms with Gasteiger partial charge in [0.15, 0.2) is 6.61 Å². The summed E-state index contributed by atoms with van der Waals surface area (Å²) in [6, 6.07) is 4.17. The van der Waals surface area contributed by atoms with Gasteiger partial charge in [-0.2, -0.15) is 0 Å². The topological polar surface area (TPSA) is 68.5 Å². The third-order valence-corrected chi connectivity index (χ3v) is 5.50. The molecule has 1 aromatic heterocycles. The minimum absolute atomic E-state index is 0.0998. The van der Waals surface area contributed by atoms with Crippen LogP contribution in [0.5, 0.6) is 0 Å². The quantitative estimate of drug-likeness (QED) is 0.826. The number of fused-ring (bicyclic) bond motifs is 1. The number of ether oxygens (including phenoxy) is 1. The molecular formula is C21H27NO4. The van der Waals surface area contributed by atoms with Gasteiger partial charge in [0, 0.05) is 17.0 Å². The zero-order valence-corrected chi connectivity index (χ0v) is 15.8. The van der Waals surface area contributed by atoms with Crippen LogP contribution >= 0.6 is 0 Å². The van der Waals surface area contributed by atoms with Crippen LogP contribution in [0.1, 0.15) is 49.3 Å². The highest BCUT2D eigenvalue weighted by molar-refractivity contribution is 5.89. The standard InChI is InChI=1S/C21H27NO4/c1-13-8-9-17-16(11-26-21(17)15(13)3)10-20(24)25-12-19(23)22-18-7-5-4-6-14(18)2/h8-9,11,14,18H,4-7,10,12H2,1-3H3,(H,22,23)/t14-,18-/m1/s1. The number of benzene rings is 1. The summed E-state index contributed by atoms with van der Waals surface area (Å²) in [7, 11) is 0. The van der Waals surface area contributed by atoms with Gasteiger partial charge in [-0.25, -0.2) is 0 Å². The zero-order chi connectivity index (χ0) is 18.7. The van der Waals surface area contributed by atoms with Crippen molar-refractivity contribution in [3.05, 3.63) is 35.1 Å². The lowest BCUT2D eigenvalue weighted by Gasteiger charge is -2.29. The maximum Gasteiger partial charge on any atom is 0.310 e. The molecule has 1 aliphatic rings. The Bertz CT molecular complexity index is 808. The summed E-state index contributed by atoms with van der Waals surface area (Å²) < 4.78 is 10.8. The molecule has 26 heavy (non-hydrogen) atoms. The summed E-state index contributed by atoms with van der Waals surface area (Å²) in [6.07, 6.45) is 6.20. The Balaban J connectivity index is 1.53. The van der Waals surface area contributed by atoms with Crippen molar-refractivity contribution in [1.82, 2.24) is 5.32 Å². The molecule has 3 rings (SSSR count). The number of aryl methyl sites for hydroxylation is 2. The molecule has 2 aromatic rings. The van der Waals surface area contributed by atoms with Gasteiger partial charge in [-0.15, -0.1) is 0 Å². The van der Waals surface area contributed by atoms with Gasteiger partial charge in [0.05, 0.1) is 12.7 Å². The second kappa shape index (κ2) is 7.94. The molecule has 2 atom stereocenters. The van der Waals surface area contributed by atoms with Crippen molar-refractivity contribution >= 4 is 22.8 Å². The van der Waals surface area contributed by atoms with E-state index in [1.54, 1.807) is 6.26 Å². The van der Waals surface area contributed by atoms with Crippen molar-refractivity contribution in [2.75, 3.05) is 6.61 Å². The highest BCUT2D eigenvalue weighted by Crippen LogP contribution is 2.27. The molecule has 1 heterocycles. The fourth-order valence-electron chi connectivity index (χ4n) is 3.66. The number of carbonyl (C=O) groups excluding carboxylic acids is 2. The third-order valence-electron chi connectivity index (χ3n) is 5.50. The van der Waals surface area contributed by atoms with Gasteiger partial charge in [0.1, 0.15) is 5.58 Å². The van der Waals surface area contributed by atoms with Gasteiger partial charge in [0.25, 0.3) is 5.91 Å². The molecule has 5 heteroatoms. The number of rotatable bonds is 5. The monoisotopic (exact) mass is 357 g/mol. The molecule has 1 saturated carbocycles. The van der Waals surface area contributed by atoms with Crippen molar-refractivity contribution < 1.29 is 18.7 Å². The van der Waals surface area contributed by atoms with Gasteiger partial charge >= 0.3 is 5.97 Å². The van der Waals surface area contributed by atoms with Crippen molar-refractivity contribution in [2.45, 2.75) is 58.9 Å². The van der Waals surface area contributed by atoms with Crippen LogP contribution in [0, 0.1) is 19.8 Å². The van der Waals surface area contributed by atoms with Crippen molar-refractivity contribution in [1.29, 1.82) is 0 Å². The molecule has 0 aliphatic heterocycles. The minimum atomic E-state index is -0.419. The van der Waals surface area contributed by atoms with Crippen LogP contribution in [-0.2, 0) is 20.7 Å². The molecule has 0 unspecified atom stereocenters. The van der Waals surface area contributed by atoms with E-state index in [0.29, 0.717) is 5.92 Å². The number of furan rings is 1. The van der Waals surface area contributed by atoms with Gasteiger partial charge < -0.3 is 14.5 Å². The summed E-state index contributed by atoms with van der Waals surface area (Å²) in [5.74, 6) is -0.161. The zero-order valence-electron chi connectivity index (χ0n) is 15.8. The normalized spacial score (nSPS) is 20.1. The average Bonchev–Trinajstić information content (AvgIpc) is 3.02. The van der Waals surface area contributed by atoms with Crippen molar-refractivity contribution in [3.63, 3.8) is 0 Å². The first-order valence-electron chi connectivity index (χ1n) is 9.37. The lowest BCUT2D eigenvalue weighted by atomic mass is 9.86. The van der Waals surface area contributed by atoms with Gasteiger partial charge in [-0.1, -0.05) is 31.9 Å². The van der Waals surface area contributed by atoms with E-state index in [4.69, 9.17) is 9.15 Å². The number of hydrogen-bond donors (Lipinski definition) is 1. The highest BCUT2D eigenvalue weighted by atomic mass is 16.5. The predicted molar refractivity (Wildman–Crippen MR) is 99.9 cm³/mol. The lowest BCUT2D eigenvalue weighted by molar-refractivity contribution is -0.148. The van der Waals surface area contributed by atoms with Crippen molar-refractivity contribution in [3.8, 4) is 0 Å². The summed E-state index contributed by atoms with van der Waals surface area (Å²) in [5, 5.41) is 3.91. The highest BCUT2D eigenvalue weighted by Gasteiger charge is 2.23. The van der Waals surface area contributed by atoms with Gasteiger partial charge in [-0.05, 0) is 43.7 Å². The molecule has 1 fully saturated rings. The SMILES string of the molecule is Cc1ccc2c(CC(=O)OCC(=O)N[C@@H]3CCCC[C@H]3C)coc2c1C. The van der Waals surface area contributed by atoms with E-state index >= 15 is 0 Å². The Morgan fingerprint density at radius 2 is 2.00 bits per heavy atom. The van der Waals surface area contributed by atoms with Gasteiger partial charge in [0.2, 0.25) is 0 Å². The van der Waals surface area contributed by atoms with E-state index in [1.165, 1.54) is 6.42 Å². The second-order valence-electron chi connectivity index (χ2n) is 7.42. The summed E-state index contributed by atoms with van der Waals surface area (Å²) in [4.78, 5) is 24.2. The van der Waals surface area contributed by atoms with Crippen LogP contribution in [0.25, 0.3) is 11.0 Å². The maximum atomic E-state index is 12.1. The molecule has 140 valence electrons. The van der Waals surface area contributed by atoms with Crippen LogP contribution < -0.4 is 5.32 Å². The Hall–Kier alpha value is -2.30. The Labute approximate surface area is 154 Å². The van der Waals surface area contributed by atoms with Crippen LogP contribution in [0.4, 0.5) is 0 Å². The number of hydrogen-bond acceptors (Lipinski definition) is 4. The fourth-order valence-corrected chi connectivity index (χ4v) is 3.66. The fraction of sp³-hybridized carbons (Fsp3) is 0.524. The Morgan fingerprint density at radius 1 is 1.23 bits per heavy atom. The predicted octanol–water partition coefficient (Wildman–Crippen LogP) is 3.83. The van der Waals surface area contributed by atoms with Crippen LogP contribution in [0.15, 0.2) is 22.8 Å². The average molecular weight is 357 g/mol. The van der Waals surface area contributed by atoms with E-state index in [2.05, 4.69) is 12.2 Å². The van der Waals surface area contributed by atoms with Gasteiger partial charge in [-0.3, -0.25) is 9.59 Å². The molecular weight excluding hydrogens is 330 g/mol. The maximum absolute atomic E-state index is 12.1. The first-order valence-corrected chi connectivity index (χ1v) is 9.37. The molecule has 1 aromatic carbocycles. The summed E-state index contributed by atoms with van der Waals surface area (Å²) >= 11 is 0. The molecule has 1 N–H and O–H groups in total. The molecule has 1 aliphatic carbocycles. The Kier molecular flexibility index (Phi) is 5.64. The number of nitrogens with one attached hydrogen (secondary N) is 1. The molecule has 5 nitrogen and oxygen atoms in total. The van der Waals surface area contributed by atoms with E-state index in [0.717, 1.165) is 46.9 Å². The van der Waals surface area contributed by atoms with E-state index in [-0.39, 0.29) is 25.0 Å². The third kappa shape index (κ3) is 4.09. The first kappa shape index (κ1) is 18.5. The number of carbonyl (C=O) groups is 2. The van der Waals surface area contributed by atoms with E-state index in [9.17, 15) is 9.59 Å². The second-order valence-corrected chi connectivity index (χ2v) is 7.42. The Morgan fingerprint density at radius 3 is 2.77 bits per heavy atom.